The molecule has 2 aromatic rings. The highest BCUT2D eigenvalue weighted by Gasteiger charge is 2.31. The van der Waals surface area contributed by atoms with Gasteiger partial charge in [-0.25, -0.2) is 0 Å². The molecular formula is C20H24N2O. The highest BCUT2D eigenvalue weighted by molar-refractivity contribution is 5.95. The Morgan fingerprint density at radius 2 is 1.65 bits per heavy atom. The second-order valence-electron chi connectivity index (χ2n) is 6.33. The molecule has 2 unspecified atom stereocenters. The molecule has 1 fully saturated rings. The highest BCUT2D eigenvalue weighted by Crippen LogP contribution is 2.28. The average molecular weight is 308 g/mol. The first-order valence-corrected chi connectivity index (χ1v) is 8.40. The molecule has 0 radical (unpaired) electrons. The van der Waals surface area contributed by atoms with Gasteiger partial charge in [0.15, 0.2) is 0 Å². The van der Waals surface area contributed by atoms with E-state index >= 15 is 0 Å². The number of hydrogen-bond donors (Lipinski definition) is 1. The fourth-order valence-electron chi connectivity index (χ4n) is 3.32. The van der Waals surface area contributed by atoms with E-state index in [4.69, 9.17) is 5.73 Å². The summed E-state index contributed by atoms with van der Waals surface area (Å²) in [4.78, 5) is 14.9. The number of para-hydroxylation sites is 1. The van der Waals surface area contributed by atoms with Gasteiger partial charge in [-0.15, -0.1) is 0 Å². The molecule has 23 heavy (non-hydrogen) atoms. The summed E-state index contributed by atoms with van der Waals surface area (Å²) in [7, 11) is 0. The van der Waals surface area contributed by atoms with E-state index in [2.05, 4.69) is 12.1 Å². The van der Waals surface area contributed by atoms with E-state index in [0.717, 1.165) is 31.4 Å². The van der Waals surface area contributed by atoms with Crippen molar-refractivity contribution in [3.8, 4) is 0 Å². The summed E-state index contributed by atoms with van der Waals surface area (Å²) in [6.45, 7) is 0.707. The van der Waals surface area contributed by atoms with Crippen LogP contribution in [0, 0.1) is 5.92 Å². The predicted molar refractivity (Wildman–Crippen MR) is 94.3 cm³/mol. The third-order valence-corrected chi connectivity index (χ3v) is 4.62. The molecule has 2 atom stereocenters. The summed E-state index contributed by atoms with van der Waals surface area (Å²) in [5, 5.41) is 0. The van der Waals surface area contributed by atoms with E-state index in [1.807, 2.05) is 53.4 Å². The molecule has 1 aliphatic carbocycles. The molecule has 0 aliphatic heterocycles. The van der Waals surface area contributed by atoms with Crippen molar-refractivity contribution in [1.29, 1.82) is 0 Å². The first kappa shape index (κ1) is 15.8. The zero-order valence-electron chi connectivity index (χ0n) is 13.4. The van der Waals surface area contributed by atoms with Crippen LogP contribution in [0.5, 0.6) is 0 Å². The number of nitrogens with two attached hydrogens (primary N) is 1. The van der Waals surface area contributed by atoms with E-state index < -0.39 is 0 Å². The van der Waals surface area contributed by atoms with Crippen molar-refractivity contribution in [3.05, 3.63) is 66.2 Å². The van der Waals surface area contributed by atoms with Crippen molar-refractivity contribution in [2.75, 3.05) is 11.4 Å². The van der Waals surface area contributed by atoms with Gasteiger partial charge in [0.25, 0.3) is 0 Å². The summed E-state index contributed by atoms with van der Waals surface area (Å²) in [6.07, 6.45) is 3.54. The van der Waals surface area contributed by atoms with Crippen LogP contribution in [0.15, 0.2) is 60.7 Å². The lowest BCUT2D eigenvalue weighted by Gasteiger charge is -2.26. The van der Waals surface area contributed by atoms with Crippen LogP contribution >= 0.6 is 0 Å². The zero-order chi connectivity index (χ0) is 16.1. The maximum atomic E-state index is 13.0. The quantitative estimate of drug-likeness (QED) is 0.920. The maximum absolute atomic E-state index is 13.0. The zero-order valence-corrected chi connectivity index (χ0v) is 13.4. The highest BCUT2D eigenvalue weighted by atomic mass is 16.2. The van der Waals surface area contributed by atoms with Gasteiger partial charge in [0.1, 0.15) is 0 Å². The Labute approximate surface area is 138 Å². The van der Waals surface area contributed by atoms with E-state index in [9.17, 15) is 4.79 Å². The topological polar surface area (TPSA) is 46.3 Å². The van der Waals surface area contributed by atoms with Crippen LogP contribution < -0.4 is 10.6 Å². The van der Waals surface area contributed by atoms with E-state index in [-0.39, 0.29) is 17.9 Å². The third kappa shape index (κ3) is 3.99. The fourth-order valence-corrected chi connectivity index (χ4v) is 3.32. The number of amides is 1. The monoisotopic (exact) mass is 308 g/mol. The molecule has 3 nitrogen and oxygen atoms in total. The third-order valence-electron chi connectivity index (χ3n) is 4.62. The summed E-state index contributed by atoms with van der Waals surface area (Å²) in [5.41, 5.74) is 8.23. The summed E-state index contributed by atoms with van der Waals surface area (Å²) in [6, 6.07) is 20.5. The molecule has 3 heteroatoms. The summed E-state index contributed by atoms with van der Waals surface area (Å²) in [5.74, 6) is 0.293. The number of hydrogen-bond acceptors (Lipinski definition) is 2. The Hall–Kier alpha value is -2.13. The number of carbonyl (C=O) groups excluding carboxylic acids is 1. The molecule has 0 aromatic heterocycles. The minimum Gasteiger partial charge on any atom is -0.328 e. The van der Waals surface area contributed by atoms with Crippen LogP contribution in [0.3, 0.4) is 0 Å². The molecular weight excluding hydrogens is 284 g/mol. The van der Waals surface area contributed by atoms with Gasteiger partial charge in [-0.2, -0.15) is 0 Å². The van der Waals surface area contributed by atoms with E-state index in [1.54, 1.807) is 0 Å². The van der Waals surface area contributed by atoms with Gasteiger partial charge >= 0.3 is 0 Å². The smallest absolute Gasteiger partial charge is 0.230 e. The normalized spacial score (nSPS) is 20.4. The second-order valence-corrected chi connectivity index (χ2v) is 6.33. The largest absolute Gasteiger partial charge is 0.328 e. The number of nitrogens with zero attached hydrogens (tertiary/aromatic N) is 1. The molecule has 1 amide bonds. The van der Waals surface area contributed by atoms with Crippen LogP contribution in [0.25, 0.3) is 0 Å². The van der Waals surface area contributed by atoms with Crippen molar-refractivity contribution in [1.82, 2.24) is 0 Å². The van der Waals surface area contributed by atoms with Gasteiger partial charge in [-0.1, -0.05) is 48.5 Å². The number of carbonyl (C=O) groups is 1. The molecule has 0 saturated heterocycles. The van der Waals surface area contributed by atoms with Crippen molar-refractivity contribution in [2.45, 2.75) is 31.7 Å². The molecule has 1 aliphatic rings. The fraction of sp³-hybridized carbons (Fsp3) is 0.350. The number of benzene rings is 2. The number of rotatable bonds is 5. The summed E-state index contributed by atoms with van der Waals surface area (Å²) < 4.78 is 0. The molecule has 0 heterocycles. The van der Waals surface area contributed by atoms with E-state index in [1.165, 1.54) is 5.56 Å². The van der Waals surface area contributed by atoms with Gasteiger partial charge in [-0.3, -0.25) is 4.79 Å². The van der Waals surface area contributed by atoms with Gasteiger partial charge in [0.05, 0.1) is 0 Å². The van der Waals surface area contributed by atoms with Crippen LogP contribution in [-0.2, 0) is 11.2 Å². The minimum absolute atomic E-state index is 0.0704. The lowest BCUT2D eigenvalue weighted by Crippen LogP contribution is -2.37. The van der Waals surface area contributed by atoms with Crippen molar-refractivity contribution in [3.63, 3.8) is 0 Å². The Morgan fingerprint density at radius 1 is 1.00 bits per heavy atom. The first-order chi connectivity index (χ1) is 11.2. The molecule has 3 rings (SSSR count). The van der Waals surface area contributed by atoms with Gasteiger partial charge in [0.2, 0.25) is 5.91 Å². The van der Waals surface area contributed by atoms with Crippen LogP contribution in [0.1, 0.15) is 24.8 Å². The average Bonchev–Trinajstić information content (AvgIpc) is 3.03. The van der Waals surface area contributed by atoms with Crippen LogP contribution in [-0.4, -0.2) is 18.5 Å². The van der Waals surface area contributed by atoms with Crippen molar-refractivity contribution >= 4 is 11.6 Å². The predicted octanol–water partition coefficient (Wildman–Crippen LogP) is 3.39. The molecule has 2 N–H and O–H groups in total. The summed E-state index contributed by atoms with van der Waals surface area (Å²) >= 11 is 0. The maximum Gasteiger partial charge on any atom is 0.230 e. The second kappa shape index (κ2) is 7.42. The van der Waals surface area contributed by atoms with Gasteiger partial charge < -0.3 is 10.6 Å². The Morgan fingerprint density at radius 3 is 2.26 bits per heavy atom. The Kier molecular flexibility index (Phi) is 5.09. The molecule has 1 saturated carbocycles. The molecule has 0 spiro atoms. The molecule has 120 valence electrons. The van der Waals surface area contributed by atoms with Gasteiger partial charge in [-0.05, 0) is 43.4 Å². The van der Waals surface area contributed by atoms with Crippen molar-refractivity contribution in [2.24, 2.45) is 11.7 Å². The standard InChI is InChI=1S/C20H24N2O/c21-18-12-11-17(15-18)20(23)22(19-9-5-2-6-10-19)14-13-16-7-3-1-4-8-16/h1-10,17-18H,11-15,21H2. The molecule has 0 bridgehead atoms. The van der Waals surface area contributed by atoms with E-state index in [0.29, 0.717) is 6.54 Å². The number of anilines is 1. The minimum atomic E-state index is 0.0704. The van der Waals surface area contributed by atoms with Gasteiger partial charge in [0, 0.05) is 24.2 Å². The van der Waals surface area contributed by atoms with Crippen molar-refractivity contribution < 1.29 is 4.79 Å². The Balaban J connectivity index is 1.75. The lowest BCUT2D eigenvalue weighted by atomic mass is 10.0. The SMILES string of the molecule is NC1CCC(C(=O)N(CCc2ccccc2)c2ccccc2)C1. The first-order valence-electron chi connectivity index (χ1n) is 8.40. The van der Waals surface area contributed by atoms with Crippen LogP contribution in [0.4, 0.5) is 5.69 Å². The van der Waals surface area contributed by atoms with Crippen LogP contribution in [0.2, 0.25) is 0 Å². The Bertz CT molecular complexity index is 627. The lowest BCUT2D eigenvalue weighted by molar-refractivity contribution is -0.122. The molecule has 2 aromatic carbocycles.